The zero-order valence-corrected chi connectivity index (χ0v) is 12.4. The summed E-state index contributed by atoms with van der Waals surface area (Å²) in [6.07, 6.45) is 4.19. The lowest BCUT2D eigenvalue weighted by Crippen LogP contribution is -2.50. The van der Waals surface area contributed by atoms with Crippen LogP contribution in [0.4, 0.5) is 4.39 Å². The summed E-state index contributed by atoms with van der Waals surface area (Å²) in [5.41, 5.74) is -0.399. The zero-order valence-electron chi connectivity index (χ0n) is 12.4. The smallest absolute Gasteiger partial charge is 0.311 e. The highest BCUT2D eigenvalue weighted by Gasteiger charge is 2.46. The fraction of sp³-hybridized carbons (Fsp3) is 0.529. The Kier molecular flexibility index (Phi) is 3.89. The van der Waals surface area contributed by atoms with Crippen molar-refractivity contribution < 1.29 is 19.1 Å². The summed E-state index contributed by atoms with van der Waals surface area (Å²) in [7, 11) is 0. The topological polar surface area (TPSA) is 57.6 Å². The molecule has 1 saturated carbocycles. The third kappa shape index (κ3) is 2.98. The van der Waals surface area contributed by atoms with Gasteiger partial charge in [-0.15, -0.1) is 0 Å². The molecule has 1 aromatic carbocycles. The number of hydrogen-bond donors (Lipinski definition) is 1. The number of carbonyl (C=O) groups excluding carboxylic acids is 1. The largest absolute Gasteiger partial charge is 0.481 e. The summed E-state index contributed by atoms with van der Waals surface area (Å²) >= 11 is 0. The number of rotatable bonds is 4. The third-order valence-electron chi connectivity index (χ3n) is 4.79. The lowest BCUT2D eigenvalue weighted by Gasteiger charge is -2.40. The summed E-state index contributed by atoms with van der Waals surface area (Å²) < 4.78 is 13.0. The van der Waals surface area contributed by atoms with Gasteiger partial charge in [0.1, 0.15) is 5.82 Å². The van der Waals surface area contributed by atoms with Crippen LogP contribution < -0.4 is 0 Å². The number of hydrogen-bond acceptors (Lipinski definition) is 2. The van der Waals surface area contributed by atoms with Gasteiger partial charge in [0.2, 0.25) is 0 Å². The molecule has 3 rings (SSSR count). The molecule has 0 spiro atoms. The Morgan fingerprint density at radius 1 is 1.27 bits per heavy atom. The van der Waals surface area contributed by atoms with E-state index in [1.807, 2.05) is 0 Å². The number of carboxylic acid groups (broad SMARTS) is 1. The van der Waals surface area contributed by atoms with Gasteiger partial charge in [-0.1, -0.05) is 12.8 Å². The van der Waals surface area contributed by atoms with Crippen molar-refractivity contribution in [2.45, 2.75) is 32.1 Å². The zero-order chi connectivity index (χ0) is 15.7. The first-order valence-electron chi connectivity index (χ1n) is 7.78. The van der Waals surface area contributed by atoms with E-state index >= 15 is 0 Å². The summed E-state index contributed by atoms with van der Waals surface area (Å²) in [5.74, 6) is -0.891. The average molecular weight is 305 g/mol. The molecule has 1 aliphatic heterocycles. The Balaban J connectivity index is 1.77. The molecule has 1 atom stereocenters. The number of amides is 1. The minimum atomic E-state index is -0.810. The van der Waals surface area contributed by atoms with Crippen molar-refractivity contribution in [3.8, 4) is 0 Å². The van der Waals surface area contributed by atoms with Crippen molar-refractivity contribution in [3.05, 3.63) is 35.6 Å². The molecule has 2 fully saturated rings. The molecule has 2 aliphatic rings. The molecule has 0 unspecified atom stereocenters. The Bertz CT molecular complexity index is 582. The van der Waals surface area contributed by atoms with Crippen LogP contribution in [0.5, 0.6) is 0 Å². The second-order valence-corrected chi connectivity index (χ2v) is 6.57. The second-order valence-electron chi connectivity index (χ2n) is 6.57. The monoisotopic (exact) mass is 305 g/mol. The van der Waals surface area contributed by atoms with Gasteiger partial charge in [-0.2, -0.15) is 0 Å². The summed E-state index contributed by atoms with van der Waals surface area (Å²) in [6, 6.07) is 5.42. The number of carboxylic acids is 1. The molecule has 0 radical (unpaired) electrons. The van der Waals surface area contributed by atoms with Crippen LogP contribution in [0.15, 0.2) is 24.3 Å². The van der Waals surface area contributed by atoms with Crippen molar-refractivity contribution in [2.24, 2.45) is 11.3 Å². The van der Waals surface area contributed by atoms with Gasteiger partial charge in [0, 0.05) is 18.7 Å². The van der Waals surface area contributed by atoms with Gasteiger partial charge in [0.25, 0.3) is 5.91 Å². The third-order valence-corrected chi connectivity index (χ3v) is 4.79. The summed E-state index contributed by atoms with van der Waals surface area (Å²) in [6.45, 7) is 0.824. The fourth-order valence-corrected chi connectivity index (χ4v) is 3.38. The van der Waals surface area contributed by atoms with Crippen LogP contribution in [-0.2, 0) is 4.79 Å². The normalized spacial score (nSPS) is 25.0. The van der Waals surface area contributed by atoms with Gasteiger partial charge in [-0.05, 0) is 49.4 Å². The van der Waals surface area contributed by atoms with Crippen molar-refractivity contribution >= 4 is 11.9 Å². The van der Waals surface area contributed by atoms with Gasteiger partial charge >= 0.3 is 5.97 Å². The molecular formula is C17H20FNO3. The molecule has 118 valence electrons. The van der Waals surface area contributed by atoms with Crippen molar-refractivity contribution in [1.82, 2.24) is 4.90 Å². The van der Waals surface area contributed by atoms with Crippen LogP contribution in [-0.4, -0.2) is 35.0 Å². The quantitative estimate of drug-likeness (QED) is 0.930. The van der Waals surface area contributed by atoms with E-state index in [0.29, 0.717) is 37.3 Å². The first-order chi connectivity index (χ1) is 10.5. The molecule has 1 heterocycles. The number of halogens is 1. The number of aliphatic carboxylic acids is 1. The first-order valence-corrected chi connectivity index (χ1v) is 7.78. The van der Waals surface area contributed by atoms with Crippen LogP contribution in [0.1, 0.15) is 42.5 Å². The number of nitrogens with zero attached hydrogens (tertiary/aromatic N) is 1. The highest BCUT2D eigenvalue weighted by atomic mass is 19.1. The highest BCUT2D eigenvalue weighted by molar-refractivity contribution is 5.94. The predicted octanol–water partition coefficient (Wildman–Crippen LogP) is 2.93. The molecule has 5 heteroatoms. The average Bonchev–Trinajstić information content (AvgIpc) is 3.31. The van der Waals surface area contributed by atoms with Gasteiger partial charge in [-0.3, -0.25) is 9.59 Å². The van der Waals surface area contributed by atoms with Gasteiger partial charge < -0.3 is 10.0 Å². The van der Waals surface area contributed by atoms with Crippen molar-refractivity contribution in [2.75, 3.05) is 13.1 Å². The molecule has 1 aliphatic carbocycles. The Morgan fingerprint density at radius 2 is 1.95 bits per heavy atom. The van der Waals surface area contributed by atoms with E-state index in [1.165, 1.54) is 24.3 Å². The molecule has 1 amide bonds. The first kappa shape index (κ1) is 15.0. The lowest BCUT2D eigenvalue weighted by atomic mass is 9.75. The number of benzene rings is 1. The molecule has 4 nitrogen and oxygen atoms in total. The Hall–Kier alpha value is -1.91. The van der Waals surface area contributed by atoms with Gasteiger partial charge in [0.15, 0.2) is 0 Å². The predicted molar refractivity (Wildman–Crippen MR) is 78.9 cm³/mol. The van der Waals surface area contributed by atoms with E-state index in [2.05, 4.69) is 0 Å². The summed E-state index contributed by atoms with van der Waals surface area (Å²) in [4.78, 5) is 26.0. The van der Waals surface area contributed by atoms with E-state index < -0.39 is 11.4 Å². The summed E-state index contributed by atoms with van der Waals surface area (Å²) in [5, 5.41) is 9.68. The van der Waals surface area contributed by atoms with E-state index in [1.54, 1.807) is 4.90 Å². The maximum atomic E-state index is 13.0. The van der Waals surface area contributed by atoms with E-state index in [0.717, 1.165) is 12.8 Å². The van der Waals surface area contributed by atoms with Crippen molar-refractivity contribution in [1.29, 1.82) is 0 Å². The number of carbonyl (C=O) groups is 2. The van der Waals surface area contributed by atoms with E-state index in [4.69, 9.17) is 0 Å². The highest BCUT2D eigenvalue weighted by Crippen LogP contribution is 2.45. The van der Waals surface area contributed by atoms with Gasteiger partial charge in [0.05, 0.1) is 5.41 Å². The van der Waals surface area contributed by atoms with Crippen LogP contribution in [0.25, 0.3) is 0 Å². The lowest BCUT2D eigenvalue weighted by molar-refractivity contribution is -0.152. The molecule has 0 bridgehead atoms. The van der Waals surface area contributed by atoms with Crippen LogP contribution in [0.2, 0.25) is 0 Å². The van der Waals surface area contributed by atoms with E-state index in [9.17, 15) is 19.1 Å². The molecule has 0 aromatic heterocycles. The SMILES string of the molecule is O=C(c1ccc(F)cc1)N1CCC[C@@](CC2CC2)(C(=O)O)C1. The Labute approximate surface area is 128 Å². The molecule has 1 saturated heterocycles. The molecular weight excluding hydrogens is 285 g/mol. The minimum Gasteiger partial charge on any atom is -0.481 e. The number of likely N-dealkylation sites (tertiary alicyclic amines) is 1. The van der Waals surface area contributed by atoms with Crippen LogP contribution in [0, 0.1) is 17.2 Å². The minimum absolute atomic E-state index is 0.207. The fourth-order valence-electron chi connectivity index (χ4n) is 3.38. The molecule has 22 heavy (non-hydrogen) atoms. The number of piperidine rings is 1. The molecule has 1 N–H and O–H groups in total. The van der Waals surface area contributed by atoms with Crippen LogP contribution in [0.3, 0.4) is 0 Å². The molecule has 1 aromatic rings. The maximum Gasteiger partial charge on any atom is 0.311 e. The second kappa shape index (κ2) is 5.71. The van der Waals surface area contributed by atoms with Crippen molar-refractivity contribution in [3.63, 3.8) is 0 Å². The van der Waals surface area contributed by atoms with Gasteiger partial charge in [-0.25, -0.2) is 4.39 Å². The Morgan fingerprint density at radius 3 is 2.55 bits per heavy atom. The van der Waals surface area contributed by atoms with Crippen LogP contribution >= 0.6 is 0 Å². The van der Waals surface area contributed by atoms with E-state index in [-0.39, 0.29) is 18.3 Å². The maximum absolute atomic E-state index is 13.0. The standard InChI is InChI=1S/C17H20FNO3/c18-14-6-4-13(5-7-14)15(20)19-9-1-8-17(11-19,16(21)22)10-12-2-3-12/h4-7,12H,1-3,8-11H2,(H,21,22)/t17-/m0/s1.